The van der Waals surface area contributed by atoms with E-state index < -0.39 is 10.0 Å². The van der Waals surface area contributed by atoms with E-state index in [0.29, 0.717) is 19.7 Å². The fourth-order valence-electron chi connectivity index (χ4n) is 2.64. The molecule has 0 bridgehead atoms. The average Bonchev–Trinajstić information content (AvgIpc) is 2.62. The maximum Gasteiger partial charge on any atom is 0.212 e. The van der Waals surface area contributed by atoms with Crippen molar-refractivity contribution in [3.05, 3.63) is 29.3 Å². The van der Waals surface area contributed by atoms with Gasteiger partial charge in [0.05, 0.1) is 12.4 Å². The van der Waals surface area contributed by atoms with Crippen LogP contribution in [0.25, 0.3) is 0 Å². The van der Waals surface area contributed by atoms with Gasteiger partial charge in [-0.15, -0.1) is 0 Å². The highest BCUT2D eigenvalue weighted by atomic mass is 32.2. The normalized spacial score (nSPS) is 18.7. The van der Waals surface area contributed by atoms with Crippen LogP contribution in [-0.4, -0.2) is 33.9 Å². The van der Waals surface area contributed by atoms with Crippen molar-refractivity contribution in [2.75, 3.05) is 25.4 Å². The minimum atomic E-state index is -3.17. The van der Waals surface area contributed by atoms with Gasteiger partial charge in [-0.2, -0.15) is 0 Å². The van der Waals surface area contributed by atoms with Crippen molar-refractivity contribution in [3.8, 4) is 5.75 Å². The van der Waals surface area contributed by atoms with Gasteiger partial charge in [0.15, 0.2) is 0 Å². The Kier molecular flexibility index (Phi) is 5.61. The minimum Gasteiger partial charge on any atom is -0.493 e. The molecular formula is C15H24N2O3S. The van der Waals surface area contributed by atoms with E-state index >= 15 is 0 Å². The van der Waals surface area contributed by atoms with Gasteiger partial charge < -0.3 is 10.1 Å². The molecule has 1 aromatic rings. The van der Waals surface area contributed by atoms with E-state index in [1.54, 1.807) is 6.92 Å². The second-order valence-electron chi connectivity index (χ2n) is 5.31. The lowest BCUT2D eigenvalue weighted by molar-refractivity contribution is 0.313. The lowest BCUT2D eigenvalue weighted by Crippen LogP contribution is -2.33. The highest BCUT2D eigenvalue weighted by Crippen LogP contribution is 2.33. The first-order chi connectivity index (χ1) is 10.0. The molecule has 0 fully saturated rings. The van der Waals surface area contributed by atoms with Crippen LogP contribution in [0.1, 0.15) is 36.9 Å². The highest BCUT2D eigenvalue weighted by Gasteiger charge is 2.21. The summed E-state index contributed by atoms with van der Waals surface area (Å²) in [6, 6.07) is 6.27. The molecule has 0 spiro atoms. The van der Waals surface area contributed by atoms with Crippen molar-refractivity contribution in [1.82, 2.24) is 10.0 Å². The van der Waals surface area contributed by atoms with Crippen molar-refractivity contribution < 1.29 is 13.2 Å². The molecular weight excluding hydrogens is 288 g/mol. The van der Waals surface area contributed by atoms with Gasteiger partial charge in [0.2, 0.25) is 10.0 Å². The molecule has 0 amide bonds. The predicted octanol–water partition coefficient (Wildman–Crippen LogP) is 1.74. The Hall–Kier alpha value is -1.11. The van der Waals surface area contributed by atoms with Crippen LogP contribution in [0.2, 0.25) is 0 Å². The second kappa shape index (κ2) is 7.24. The standard InChI is InChI=1S/C15H24N2O3S/c1-3-17-21(18,19)11-9-16-14-8-5-10-20-15-12(2)6-4-7-13(14)15/h4,6-7,14,16-17H,3,5,8-11H2,1-2H3. The van der Waals surface area contributed by atoms with E-state index in [2.05, 4.69) is 16.1 Å². The third-order valence-electron chi connectivity index (χ3n) is 3.63. The van der Waals surface area contributed by atoms with Crippen LogP contribution in [0, 0.1) is 6.92 Å². The smallest absolute Gasteiger partial charge is 0.212 e. The summed E-state index contributed by atoms with van der Waals surface area (Å²) in [6.07, 6.45) is 1.92. The Bertz CT molecular complexity index is 572. The molecule has 1 aliphatic rings. The molecule has 0 aliphatic carbocycles. The van der Waals surface area contributed by atoms with Crippen LogP contribution in [0.3, 0.4) is 0 Å². The molecule has 1 atom stereocenters. The highest BCUT2D eigenvalue weighted by molar-refractivity contribution is 7.89. The van der Waals surface area contributed by atoms with Crippen LogP contribution >= 0.6 is 0 Å². The number of rotatable bonds is 6. The molecule has 0 saturated heterocycles. The summed E-state index contributed by atoms with van der Waals surface area (Å²) < 4.78 is 31.7. The molecule has 118 valence electrons. The summed E-state index contributed by atoms with van der Waals surface area (Å²) in [6.45, 7) is 5.41. The van der Waals surface area contributed by atoms with E-state index in [4.69, 9.17) is 4.74 Å². The van der Waals surface area contributed by atoms with E-state index in [0.717, 1.165) is 29.7 Å². The fourth-order valence-corrected chi connectivity index (χ4v) is 3.61. The summed E-state index contributed by atoms with van der Waals surface area (Å²) in [5.41, 5.74) is 2.26. The maximum absolute atomic E-state index is 11.7. The Morgan fingerprint density at radius 1 is 1.38 bits per heavy atom. The fraction of sp³-hybridized carbons (Fsp3) is 0.600. The Morgan fingerprint density at radius 3 is 2.95 bits per heavy atom. The zero-order valence-electron chi connectivity index (χ0n) is 12.7. The quantitative estimate of drug-likeness (QED) is 0.839. The third kappa shape index (κ3) is 4.43. The number of hydrogen-bond donors (Lipinski definition) is 2. The first-order valence-electron chi connectivity index (χ1n) is 7.46. The molecule has 0 saturated carbocycles. The summed E-state index contributed by atoms with van der Waals surface area (Å²) in [5, 5.41) is 3.36. The monoisotopic (exact) mass is 312 g/mol. The second-order valence-corrected chi connectivity index (χ2v) is 7.23. The van der Waals surface area contributed by atoms with Crippen molar-refractivity contribution in [1.29, 1.82) is 0 Å². The number of nitrogens with one attached hydrogen (secondary N) is 2. The van der Waals surface area contributed by atoms with Crippen LogP contribution < -0.4 is 14.8 Å². The third-order valence-corrected chi connectivity index (χ3v) is 5.10. The zero-order chi connectivity index (χ0) is 15.3. The van der Waals surface area contributed by atoms with E-state index in [1.165, 1.54) is 0 Å². The van der Waals surface area contributed by atoms with Crippen LogP contribution in [0.5, 0.6) is 5.75 Å². The molecule has 0 aromatic heterocycles. The maximum atomic E-state index is 11.7. The lowest BCUT2D eigenvalue weighted by atomic mass is 10.00. The van der Waals surface area contributed by atoms with Gasteiger partial charge in [-0.05, 0) is 25.3 Å². The molecule has 1 aliphatic heterocycles. The first kappa shape index (κ1) is 16.3. The topological polar surface area (TPSA) is 67.4 Å². The van der Waals surface area contributed by atoms with Gasteiger partial charge in [-0.3, -0.25) is 0 Å². The van der Waals surface area contributed by atoms with Crippen LogP contribution in [0.15, 0.2) is 18.2 Å². The number of aryl methyl sites for hydroxylation is 1. The van der Waals surface area contributed by atoms with Gasteiger partial charge in [0.25, 0.3) is 0 Å². The predicted molar refractivity (Wildman–Crippen MR) is 84.1 cm³/mol. The molecule has 2 N–H and O–H groups in total. The zero-order valence-corrected chi connectivity index (χ0v) is 13.5. The van der Waals surface area contributed by atoms with Crippen molar-refractivity contribution in [3.63, 3.8) is 0 Å². The number of fused-ring (bicyclic) bond motifs is 1. The minimum absolute atomic E-state index is 0.0966. The van der Waals surface area contributed by atoms with Crippen LogP contribution in [-0.2, 0) is 10.0 Å². The van der Waals surface area contributed by atoms with Crippen molar-refractivity contribution >= 4 is 10.0 Å². The Labute approximate surface area is 127 Å². The Balaban J connectivity index is 2.03. The average molecular weight is 312 g/mol. The van der Waals surface area contributed by atoms with E-state index in [-0.39, 0.29) is 11.8 Å². The van der Waals surface area contributed by atoms with Crippen LogP contribution in [0.4, 0.5) is 0 Å². The van der Waals surface area contributed by atoms with Crippen molar-refractivity contribution in [2.45, 2.75) is 32.7 Å². The number of sulfonamides is 1. The Morgan fingerprint density at radius 2 is 2.19 bits per heavy atom. The molecule has 1 unspecified atom stereocenters. The number of hydrogen-bond acceptors (Lipinski definition) is 4. The summed E-state index contributed by atoms with van der Waals surface area (Å²) >= 11 is 0. The summed E-state index contributed by atoms with van der Waals surface area (Å²) in [5.74, 6) is 1.04. The van der Waals surface area contributed by atoms with Gasteiger partial charge >= 0.3 is 0 Å². The van der Waals surface area contributed by atoms with Gasteiger partial charge in [-0.25, -0.2) is 13.1 Å². The molecule has 5 nitrogen and oxygen atoms in total. The molecule has 1 aromatic carbocycles. The molecule has 2 rings (SSSR count). The number of ether oxygens (including phenoxy) is 1. The molecule has 0 radical (unpaired) electrons. The largest absolute Gasteiger partial charge is 0.493 e. The molecule has 1 heterocycles. The molecule has 6 heteroatoms. The summed E-state index contributed by atoms with van der Waals surface area (Å²) in [7, 11) is -3.17. The van der Waals surface area contributed by atoms with E-state index in [9.17, 15) is 8.42 Å². The number of para-hydroxylation sites is 1. The first-order valence-corrected chi connectivity index (χ1v) is 9.12. The molecule has 21 heavy (non-hydrogen) atoms. The van der Waals surface area contributed by atoms with Gasteiger partial charge in [0, 0.05) is 24.7 Å². The van der Waals surface area contributed by atoms with Gasteiger partial charge in [-0.1, -0.05) is 25.1 Å². The SMILES string of the molecule is CCNS(=O)(=O)CCNC1CCCOc2c(C)cccc21. The van der Waals surface area contributed by atoms with Gasteiger partial charge in [0.1, 0.15) is 5.75 Å². The van der Waals surface area contributed by atoms with Crippen molar-refractivity contribution in [2.24, 2.45) is 0 Å². The van der Waals surface area contributed by atoms with E-state index in [1.807, 2.05) is 19.1 Å². The summed E-state index contributed by atoms with van der Waals surface area (Å²) in [4.78, 5) is 0. The lowest BCUT2D eigenvalue weighted by Gasteiger charge is -2.19. The number of benzene rings is 1.